The molecule has 0 amide bonds. The molecule has 5 rings (SSSR count). The minimum absolute atomic E-state index is 0.0305. The van der Waals surface area contributed by atoms with Gasteiger partial charge in [-0.05, 0) is 67.9 Å². The van der Waals surface area contributed by atoms with Gasteiger partial charge < -0.3 is 0 Å². The van der Waals surface area contributed by atoms with Crippen LogP contribution in [0.1, 0.15) is 35.3 Å². The van der Waals surface area contributed by atoms with E-state index in [-0.39, 0.29) is 16.9 Å². The predicted molar refractivity (Wildman–Crippen MR) is 144 cm³/mol. The fraction of sp³-hybridized carbons (Fsp3) is 0.133. The Labute approximate surface area is 226 Å². The lowest BCUT2D eigenvalue weighted by Gasteiger charge is -2.22. The van der Waals surface area contributed by atoms with Crippen molar-refractivity contribution in [1.29, 1.82) is 5.26 Å². The fourth-order valence-electron chi connectivity index (χ4n) is 4.74. The third-order valence-corrected chi connectivity index (χ3v) is 6.77. The summed E-state index contributed by atoms with van der Waals surface area (Å²) in [4.78, 5) is 28.0. The number of hydrogen-bond donors (Lipinski definition) is 0. The quantitative estimate of drug-likeness (QED) is 0.287. The average Bonchev–Trinajstić information content (AvgIpc) is 3.42. The van der Waals surface area contributed by atoms with Crippen molar-refractivity contribution < 1.29 is 13.2 Å². The van der Waals surface area contributed by atoms with Crippen LogP contribution in [0.4, 0.5) is 13.2 Å². The zero-order chi connectivity index (χ0) is 28.6. The number of benzene rings is 3. The van der Waals surface area contributed by atoms with Crippen LogP contribution in [0.3, 0.4) is 0 Å². The van der Waals surface area contributed by atoms with E-state index in [1.807, 2.05) is 6.07 Å². The Morgan fingerprint density at radius 2 is 1.60 bits per heavy atom. The summed E-state index contributed by atoms with van der Waals surface area (Å²) in [5, 5.41) is 13.5. The van der Waals surface area contributed by atoms with Crippen LogP contribution >= 0.6 is 0 Å². The Bertz CT molecular complexity index is 1860. The van der Waals surface area contributed by atoms with Crippen LogP contribution < -0.4 is 11.2 Å². The van der Waals surface area contributed by atoms with Gasteiger partial charge in [0.25, 0.3) is 5.56 Å². The van der Waals surface area contributed by atoms with E-state index in [9.17, 15) is 22.8 Å². The number of alkyl halides is 3. The highest BCUT2D eigenvalue weighted by molar-refractivity contribution is 5.65. The van der Waals surface area contributed by atoms with Gasteiger partial charge in [0.05, 0.1) is 52.1 Å². The third kappa shape index (κ3) is 4.62. The SMILES string of the molecule is Cc1c(-c2ccnn2-c2ccc(C#N)cc2)c(=O)n([C@@H](C)c2ccccc2)c(=O)n1-c1cccc(C(F)(F)F)c1. The number of nitrogens with zero attached hydrogens (tertiary/aromatic N) is 5. The predicted octanol–water partition coefficient (Wildman–Crippen LogP) is 5.66. The van der Waals surface area contributed by atoms with Crippen LogP contribution in [0.5, 0.6) is 0 Å². The normalized spacial score (nSPS) is 12.2. The van der Waals surface area contributed by atoms with E-state index >= 15 is 0 Å². The monoisotopic (exact) mass is 541 g/mol. The number of halogens is 3. The van der Waals surface area contributed by atoms with Crippen LogP contribution in [0, 0.1) is 18.3 Å². The smallest absolute Gasteiger partial charge is 0.268 e. The molecule has 0 bridgehead atoms. The van der Waals surface area contributed by atoms with E-state index in [0.29, 0.717) is 22.5 Å². The van der Waals surface area contributed by atoms with Crippen LogP contribution in [-0.2, 0) is 6.18 Å². The molecule has 0 aliphatic heterocycles. The first kappa shape index (κ1) is 26.4. The molecular formula is C30H22F3N5O2. The maximum absolute atomic E-state index is 14.1. The van der Waals surface area contributed by atoms with E-state index in [1.54, 1.807) is 67.6 Å². The van der Waals surface area contributed by atoms with E-state index < -0.39 is 29.0 Å². The van der Waals surface area contributed by atoms with Crippen molar-refractivity contribution in [2.24, 2.45) is 0 Å². The van der Waals surface area contributed by atoms with Gasteiger partial charge in [-0.25, -0.2) is 9.48 Å². The van der Waals surface area contributed by atoms with Gasteiger partial charge in [0.15, 0.2) is 0 Å². The molecule has 0 unspecified atom stereocenters. The lowest BCUT2D eigenvalue weighted by molar-refractivity contribution is -0.137. The molecule has 3 aromatic carbocycles. The second-order valence-electron chi connectivity index (χ2n) is 9.18. The summed E-state index contributed by atoms with van der Waals surface area (Å²) in [6, 6.07) is 22.8. The van der Waals surface area contributed by atoms with Crippen molar-refractivity contribution in [3.8, 4) is 28.7 Å². The number of hydrogen-bond acceptors (Lipinski definition) is 4. The second kappa shape index (κ2) is 10.2. The second-order valence-corrected chi connectivity index (χ2v) is 9.18. The van der Waals surface area contributed by atoms with E-state index in [0.717, 1.165) is 21.3 Å². The Morgan fingerprint density at radius 1 is 0.900 bits per heavy atom. The third-order valence-electron chi connectivity index (χ3n) is 6.77. The standard InChI is InChI=1S/C30H22F3N5O2/c1-19(22-7-4-3-5-8-22)37-28(39)27(26-15-16-35-38(26)24-13-11-21(18-34)12-14-24)20(2)36(29(37)40)25-10-6-9-23(17-25)30(31,32)33/h3-17,19H,1-2H3/t19-/m0/s1. The number of aromatic nitrogens is 4. The number of rotatable bonds is 5. The van der Waals surface area contributed by atoms with Crippen LogP contribution in [0.15, 0.2) is 101 Å². The Kier molecular flexibility index (Phi) is 6.73. The zero-order valence-corrected chi connectivity index (χ0v) is 21.4. The molecule has 2 aromatic heterocycles. The minimum Gasteiger partial charge on any atom is -0.268 e. The van der Waals surface area contributed by atoms with E-state index in [2.05, 4.69) is 5.10 Å². The van der Waals surface area contributed by atoms with Gasteiger partial charge >= 0.3 is 11.9 Å². The summed E-state index contributed by atoms with van der Waals surface area (Å²) in [6.07, 6.45) is -3.15. The first-order valence-electron chi connectivity index (χ1n) is 12.3. The summed E-state index contributed by atoms with van der Waals surface area (Å²) in [5.74, 6) is 0. The Hall–Kier alpha value is -5.17. The molecule has 10 heteroatoms. The maximum Gasteiger partial charge on any atom is 0.416 e. The molecule has 200 valence electrons. The average molecular weight is 542 g/mol. The first-order chi connectivity index (χ1) is 19.1. The topological polar surface area (TPSA) is 85.6 Å². The molecule has 0 aliphatic rings. The summed E-state index contributed by atoms with van der Waals surface area (Å²) in [6.45, 7) is 3.21. The Balaban J connectivity index is 1.83. The molecule has 0 spiro atoms. The summed E-state index contributed by atoms with van der Waals surface area (Å²) >= 11 is 0. The highest BCUT2D eigenvalue weighted by Gasteiger charge is 2.31. The molecule has 0 N–H and O–H groups in total. The maximum atomic E-state index is 14.1. The van der Waals surface area contributed by atoms with Crippen molar-refractivity contribution in [1.82, 2.24) is 18.9 Å². The van der Waals surface area contributed by atoms with Crippen molar-refractivity contribution >= 4 is 0 Å². The lowest BCUT2D eigenvalue weighted by atomic mass is 10.1. The minimum atomic E-state index is -4.63. The molecule has 1 atom stereocenters. The Morgan fingerprint density at radius 3 is 2.25 bits per heavy atom. The summed E-state index contributed by atoms with van der Waals surface area (Å²) < 4.78 is 44.5. The lowest BCUT2D eigenvalue weighted by Crippen LogP contribution is -2.43. The summed E-state index contributed by atoms with van der Waals surface area (Å²) in [7, 11) is 0. The van der Waals surface area contributed by atoms with E-state index in [4.69, 9.17) is 5.26 Å². The fourth-order valence-corrected chi connectivity index (χ4v) is 4.74. The van der Waals surface area contributed by atoms with Gasteiger partial charge in [0.2, 0.25) is 0 Å². The molecule has 0 aliphatic carbocycles. The van der Waals surface area contributed by atoms with Crippen molar-refractivity contribution in [3.05, 3.63) is 134 Å². The molecule has 2 heterocycles. The van der Waals surface area contributed by atoms with Crippen molar-refractivity contribution in [3.63, 3.8) is 0 Å². The van der Waals surface area contributed by atoms with Crippen LogP contribution in [0.25, 0.3) is 22.6 Å². The molecule has 0 fully saturated rings. The number of nitriles is 1. The van der Waals surface area contributed by atoms with Gasteiger partial charge in [0.1, 0.15) is 0 Å². The van der Waals surface area contributed by atoms with Gasteiger partial charge in [-0.15, -0.1) is 0 Å². The largest absolute Gasteiger partial charge is 0.416 e. The van der Waals surface area contributed by atoms with Crippen molar-refractivity contribution in [2.75, 3.05) is 0 Å². The van der Waals surface area contributed by atoms with Crippen LogP contribution in [-0.4, -0.2) is 18.9 Å². The van der Waals surface area contributed by atoms with Crippen molar-refractivity contribution in [2.45, 2.75) is 26.1 Å². The molecule has 0 radical (unpaired) electrons. The van der Waals surface area contributed by atoms with Gasteiger partial charge in [0, 0.05) is 5.69 Å². The van der Waals surface area contributed by atoms with E-state index in [1.165, 1.54) is 29.9 Å². The van der Waals surface area contributed by atoms with Crippen LogP contribution in [0.2, 0.25) is 0 Å². The zero-order valence-electron chi connectivity index (χ0n) is 21.4. The molecule has 5 aromatic rings. The summed E-state index contributed by atoms with van der Waals surface area (Å²) in [5.41, 5.74) is -0.0872. The van der Waals surface area contributed by atoms with Gasteiger partial charge in [-0.2, -0.15) is 23.5 Å². The molecule has 7 nitrogen and oxygen atoms in total. The highest BCUT2D eigenvalue weighted by atomic mass is 19.4. The van der Waals surface area contributed by atoms with Gasteiger partial charge in [-0.3, -0.25) is 13.9 Å². The molecular weight excluding hydrogens is 519 g/mol. The first-order valence-corrected chi connectivity index (χ1v) is 12.3. The highest BCUT2D eigenvalue weighted by Crippen LogP contribution is 2.31. The molecule has 0 saturated carbocycles. The van der Waals surface area contributed by atoms with Gasteiger partial charge in [-0.1, -0.05) is 36.4 Å². The molecule has 0 saturated heterocycles. The molecule has 40 heavy (non-hydrogen) atoms.